The molecule has 5 nitrogen and oxygen atoms in total. The number of hydrogen-bond acceptors (Lipinski definition) is 5. The van der Waals surface area contributed by atoms with Crippen LogP contribution in [0.3, 0.4) is 0 Å². The number of hydrazine groups is 1. The molecule has 21 heavy (non-hydrogen) atoms. The number of hydrogen-bond donors (Lipinski definition) is 2. The number of carbonyl (C=O) groups excluding carboxylic acids is 2. The fraction of sp³-hybridized carbons (Fsp3) is 0. The summed E-state index contributed by atoms with van der Waals surface area (Å²) in [4.78, 5) is 27.2. The number of thiazole rings is 1. The van der Waals surface area contributed by atoms with Gasteiger partial charge in [0.05, 0.1) is 0 Å². The fourth-order valence-corrected chi connectivity index (χ4v) is 3.14. The molecule has 2 aromatic carbocycles. The standard InChI is InChI=1S/C15H11N3O2S/c16-18-14(20)13-12(8-19)17-15(21-13)11-7-3-5-9-4-1-2-6-10(9)11/h1-8H,16H2,(H,18,20). The van der Waals surface area contributed by atoms with E-state index < -0.39 is 5.91 Å². The second-order valence-corrected chi connectivity index (χ2v) is 5.35. The SMILES string of the molecule is NNC(=O)c1sc(-c2cccc3ccccc23)nc1C=O. The Kier molecular flexibility index (Phi) is 3.47. The second-order valence-electron chi connectivity index (χ2n) is 4.35. The number of rotatable bonds is 3. The van der Waals surface area contributed by atoms with Crippen LogP contribution >= 0.6 is 11.3 Å². The van der Waals surface area contributed by atoms with Crippen molar-refractivity contribution in [2.45, 2.75) is 0 Å². The van der Waals surface area contributed by atoms with Crippen LogP contribution in [0.1, 0.15) is 20.2 Å². The molecule has 0 radical (unpaired) electrons. The van der Waals surface area contributed by atoms with Crippen LogP contribution < -0.4 is 11.3 Å². The molecular formula is C15H11N3O2S. The van der Waals surface area contributed by atoms with Crippen molar-refractivity contribution in [1.29, 1.82) is 0 Å². The van der Waals surface area contributed by atoms with Gasteiger partial charge in [-0.15, -0.1) is 11.3 Å². The monoisotopic (exact) mass is 297 g/mol. The molecule has 104 valence electrons. The zero-order valence-electron chi connectivity index (χ0n) is 10.9. The summed E-state index contributed by atoms with van der Waals surface area (Å²) in [6, 6.07) is 13.7. The summed E-state index contributed by atoms with van der Waals surface area (Å²) in [6.07, 6.45) is 0.565. The molecule has 0 spiro atoms. The molecule has 0 aliphatic heterocycles. The van der Waals surface area contributed by atoms with Gasteiger partial charge in [0.1, 0.15) is 15.6 Å². The van der Waals surface area contributed by atoms with E-state index in [0.29, 0.717) is 11.3 Å². The third-order valence-electron chi connectivity index (χ3n) is 3.12. The molecule has 0 aliphatic carbocycles. The van der Waals surface area contributed by atoms with E-state index in [2.05, 4.69) is 4.98 Å². The highest BCUT2D eigenvalue weighted by Gasteiger charge is 2.18. The van der Waals surface area contributed by atoms with Crippen LogP contribution in [0, 0.1) is 0 Å². The predicted molar refractivity (Wildman–Crippen MR) is 82.1 cm³/mol. The number of carbonyl (C=O) groups is 2. The van der Waals surface area contributed by atoms with Gasteiger partial charge in [0.2, 0.25) is 0 Å². The van der Waals surface area contributed by atoms with Gasteiger partial charge in [-0.05, 0) is 10.8 Å². The lowest BCUT2D eigenvalue weighted by Gasteiger charge is -2.02. The highest BCUT2D eigenvalue weighted by Crippen LogP contribution is 2.32. The fourth-order valence-electron chi connectivity index (χ4n) is 2.17. The van der Waals surface area contributed by atoms with Gasteiger partial charge in [0.25, 0.3) is 5.91 Å². The minimum atomic E-state index is -0.513. The maximum Gasteiger partial charge on any atom is 0.277 e. The number of aromatic nitrogens is 1. The van der Waals surface area contributed by atoms with Crippen molar-refractivity contribution in [2.75, 3.05) is 0 Å². The second kappa shape index (κ2) is 5.43. The lowest BCUT2D eigenvalue weighted by Crippen LogP contribution is -2.30. The van der Waals surface area contributed by atoms with Gasteiger partial charge in [0, 0.05) is 5.56 Å². The van der Waals surface area contributed by atoms with Crippen molar-refractivity contribution in [1.82, 2.24) is 10.4 Å². The first-order chi connectivity index (χ1) is 10.2. The predicted octanol–water partition coefficient (Wildman–Crippen LogP) is 2.38. The summed E-state index contributed by atoms with van der Waals surface area (Å²) < 4.78 is 0. The Hall–Kier alpha value is -2.57. The number of nitrogens with zero attached hydrogens (tertiary/aromatic N) is 1. The summed E-state index contributed by atoms with van der Waals surface area (Å²) >= 11 is 1.15. The van der Waals surface area contributed by atoms with E-state index in [1.165, 1.54) is 0 Å². The summed E-state index contributed by atoms with van der Waals surface area (Å²) in [5, 5.41) is 2.71. The molecule has 0 saturated carbocycles. The van der Waals surface area contributed by atoms with Gasteiger partial charge in [-0.3, -0.25) is 15.0 Å². The smallest absolute Gasteiger partial charge is 0.277 e. The third kappa shape index (κ3) is 2.31. The van der Waals surface area contributed by atoms with Crippen molar-refractivity contribution in [3.8, 4) is 10.6 Å². The van der Waals surface area contributed by atoms with Gasteiger partial charge in [-0.2, -0.15) is 0 Å². The molecule has 0 saturated heterocycles. The number of nitrogen functional groups attached to an aromatic ring is 1. The molecule has 1 aromatic heterocycles. The molecule has 0 bridgehead atoms. The van der Waals surface area contributed by atoms with Crippen molar-refractivity contribution in [3.05, 3.63) is 53.0 Å². The highest BCUT2D eigenvalue weighted by molar-refractivity contribution is 7.17. The van der Waals surface area contributed by atoms with Crippen LogP contribution in [0.25, 0.3) is 21.3 Å². The van der Waals surface area contributed by atoms with Gasteiger partial charge in [-0.1, -0.05) is 42.5 Å². The molecule has 0 fully saturated rings. The number of nitrogens with one attached hydrogen (secondary N) is 1. The average molecular weight is 297 g/mol. The summed E-state index contributed by atoms with van der Waals surface area (Å²) in [5.74, 6) is 4.62. The third-order valence-corrected chi connectivity index (χ3v) is 4.23. The first-order valence-corrected chi connectivity index (χ1v) is 7.01. The van der Waals surface area contributed by atoms with Crippen LogP contribution in [0.5, 0.6) is 0 Å². The van der Waals surface area contributed by atoms with Crippen LogP contribution in [-0.4, -0.2) is 17.2 Å². The Morgan fingerprint density at radius 1 is 1.19 bits per heavy atom. The Bertz CT molecular complexity index is 837. The summed E-state index contributed by atoms with van der Waals surface area (Å²) in [6.45, 7) is 0. The van der Waals surface area contributed by atoms with E-state index in [-0.39, 0.29) is 10.6 Å². The molecular weight excluding hydrogens is 286 g/mol. The molecule has 0 aliphatic rings. The number of nitrogens with two attached hydrogens (primary N) is 1. The van der Waals surface area contributed by atoms with E-state index in [4.69, 9.17) is 5.84 Å². The van der Waals surface area contributed by atoms with Crippen LogP contribution in [0.4, 0.5) is 0 Å². The lowest BCUT2D eigenvalue weighted by molar-refractivity contribution is 0.0952. The summed E-state index contributed by atoms with van der Waals surface area (Å²) in [7, 11) is 0. The molecule has 3 N–H and O–H groups in total. The Labute approximate surface area is 124 Å². The normalized spacial score (nSPS) is 10.5. The van der Waals surface area contributed by atoms with Crippen molar-refractivity contribution < 1.29 is 9.59 Å². The first-order valence-electron chi connectivity index (χ1n) is 6.19. The molecule has 6 heteroatoms. The first kappa shape index (κ1) is 13.4. The van der Waals surface area contributed by atoms with E-state index in [1.54, 1.807) is 0 Å². The van der Waals surface area contributed by atoms with E-state index in [0.717, 1.165) is 27.7 Å². The maximum atomic E-state index is 11.7. The Morgan fingerprint density at radius 3 is 2.71 bits per heavy atom. The van der Waals surface area contributed by atoms with Crippen LogP contribution in [0.2, 0.25) is 0 Å². The number of amides is 1. The van der Waals surface area contributed by atoms with Gasteiger partial charge in [-0.25, -0.2) is 10.8 Å². The largest absolute Gasteiger partial charge is 0.296 e. The van der Waals surface area contributed by atoms with Gasteiger partial charge in [0.15, 0.2) is 6.29 Å². The lowest BCUT2D eigenvalue weighted by atomic mass is 10.1. The van der Waals surface area contributed by atoms with E-state index in [1.807, 2.05) is 47.9 Å². The molecule has 3 rings (SSSR count). The minimum absolute atomic E-state index is 0.103. The Balaban J connectivity index is 2.22. The minimum Gasteiger partial charge on any atom is -0.296 e. The van der Waals surface area contributed by atoms with Crippen LogP contribution in [0.15, 0.2) is 42.5 Å². The van der Waals surface area contributed by atoms with Crippen LogP contribution in [-0.2, 0) is 0 Å². The zero-order chi connectivity index (χ0) is 14.8. The molecule has 0 atom stereocenters. The van der Waals surface area contributed by atoms with Gasteiger partial charge >= 0.3 is 0 Å². The number of aldehydes is 1. The average Bonchev–Trinajstić information content (AvgIpc) is 2.97. The zero-order valence-corrected chi connectivity index (χ0v) is 11.7. The number of fused-ring (bicyclic) bond motifs is 1. The summed E-state index contributed by atoms with van der Waals surface area (Å²) in [5.41, 5.74) is 3.02. The maximum absolute atomic E-state index is 11.7. The molecule has 1 amide bonds. The topological polar surface area (TPSA) is 85.1 Å². The van der Waals surface area contributed by atoms with Crippen molar-refractivity contribution >= 4 is 34.3 Å². The van der Waals surface area contributed by atoms with Gasteiger partial charge < -0.3 is 0 Å². The highest BCUT2D eigenvalue weighted by atomic mass is 32.1. The van der Waals surface area contributed by atoms with E-state index >= 15 is 0 Å². The van der Waals surface area contributed by atoms with Crippen molar-refractivity contribution in [3.63, 3.8) is 0 Å². The quantitative estimate of drug-likeness (QED) is 0.336. The molecule has 1 heterocycles. The molecule has 0 unspecified atom stereocenters. The van der Waals surface area contributed by atoms with E-state index in [9.17, 15) is 9.59 Å². The van der Waals surface area contributed by atoms with Crippen molar-refractivity contribution in [2.24, 2.45) is 5.84 Å². The Morgan fingerprint density at radius 2 is 1.95 bits per heavy atom. The number of benzene rings is 2. The molecule has 3 aromatic rings.